The summed E-state index contributed by atoms with van der Waals surface area (Å²) in [7, 11) is 0. The summed E-state index contributed by atoms with van der Waals surface area (Å²) in [5.41, 5.74) is 5.39. The van der Waals surface area contributed by atoms with Crippen LogP contribution in [-0.4, -0.2) is 48.1 Å². The van der Waals surface area contributed by atoms with Crippen molar-refractivity contribution >= 4 is 5.91 Å². The molecule has 4 aromatic rings. The van der Waals surface area contributed by atoms with Gasteiger partial charge in [-0.05, 0) is 32.6 Å². The van der Waals surface area contributed by atoms with Gasteiger partial charge >= 0.3 is 0 Å². The van der Waals surface area contributed by atoms with Gasteiger partial charge in [-0.15, -0.1) is 0 Å². The van der Waals surface area contributed by atoms with Gasteiger partial charge in [0.05, 0.1) is 30.1 Å². The lowest BCUT2D eigenvalue weighted by molar-refractivity contribution is 0.0260. The number of halogens is 3. The van der Waals surface area contributed by atoms with Gasteiger partial charge in [0.15, 0.2) is 17.3 Å². The maximum Gasteiger partial charge on any atom is 0.270 e. The number of nitrogens with two attached hydrogens (primary N) is 1. The molecule has 1 saturated carbocycles. The molecule has 0 spiro atoms. The minimum atomic E-state index is -1.44. The molecule has 5 rings (SSSR count). The number of amides is 1. The van der Waals surface area contributed by atoms with Crippen molar-refractivity contribution in [1.29, 1.82) is 0 Å². The largest absolute Gasteiger partial charge is 0.444 e. The Kier molecular flexibility index (Phi) is 6.31. The summed E-state index contributed by atoms with van der Waals surface area (Å²) in [5.74, 6) is -4.56. The van der Waals surface area contributed by atoms with E-state index < -0.39 is 29.2 Å². The van der Waals surface area contributed by atoms with E-state index in [0.29, 0.717) is 18.2 Å². The molecule has 0 aromatic carbocycles. The molecule has 10 nitrogen and oxygen atoms in total. The predicted octanol–water partition coefficient (Wildman–Crippen LogP) is 3.82. The average Bonchev–Trinajstić information content (AvgIpc) is 3.61. The molecule has 36 heavy (non-hydrogen) atoms. The van der Waals surface area contributed by atoms with E-state index in [0.717, 1.165) is 31.9 Å². The Bertz CT molecular complexity index is 1410. The van der Waals surface area contributed by atoms with Crippen LogP contribution in [0.4, 0.5) is 13.2 Å². The van der Waals surface area contributed by atoms with E-state index in [9.17, 15) is 18.0 Å². The molecule has 1 fully saturated rings. The van der Waals surface area contributed by atoms with Crippen LogP contribution < -0.4 is 5.73 Å². The molecule has 2 N–H and O–H groups in total. The third-order valence-electron chi connectivity index (χ3n) is 6.08. The molecular formula is C23H22F3N7O3. The third kappa shape index (κ3) is 4.49. The summed E-state index contributed by atoms with van der Waals surface area (Å²) in [6, 6.07) is 0.419. The molecule has 188 valence electrons. The molecule has 13 heteroatoms. The van der Waals surface area contributed by atoms with Crippen LogP contribution in [0.1, 0.15) is 49.1 Å². The van der Waals surface area contributed by atoms with Gasteiger partial charge < -0.3 is 14.9 Å². The van der Waals surface area contributed by atoms with Crippen LogP contribution in [0.2, 0.25) is 0 Å². The minimum Gasteiger partial charge on any atom is -0.444 e. The van der Waals surface area contributed by atoms with Crippen molar-refractivity contribution in [2.24, 2.45) is 5.73 Å². The zero-order valence-corrected chi connectivity index (χ0v) is 19.2. The molecule has 1 aliphatic rings. The van der Waals surface area contributed by atoms with Crippen LogP contribution in [0.25, 0.3) is 28.5 Å². The van der Waals surface area contributed by atoms with E-state index >= 15 is 0 Å². The highest BCUT2D eigenvalue weighted by atomic mass is 19.2. The van der Waals surface area contributed by atoms with Crippen LogP contribution >= 0.6 is 0 Å². The van der Waals surface area contributed by atoms with Crippen molar-refractivity contribution < 1.29 is 27.1 Å². The van der Waals surface area contributed by atoms with E-state index in [1.165, 1.54) is 17.1 Å². The van der Waals surface area contributed by atoms with E-state index in [1.54, 1.807) is 10.9 Å². The van der Waals surface area contributed by atoms with Crippen molar-refractivity contribution in [3.8, 4) is 28.5 Å². The van der Waals surface area contributed by atoms with Gasteiger partial charge in [0.1, 0.15) is 23.3 Å². The second-order valence-corrected chi connectivity index (χ2v) is 8.40. The summed E-state index contributed by atoms with van der Waals surface area (Å²) in [6.45, 7) is 2.59. The molecule has 0 saturated heterocycles. The van der Waals surface area contributed by atoms with Crippen molar-refractivity contribution in [2.45, 2.75) is 44.8 Å². The number of nitrogens with zero attached hydrogens (tertiary/aromatic N) is 6. The highest BCUT2D eigenvalue weighted by Gasteiger charge is 2.27. The van der Waals surface area contributed by atoms with Crippen molar-refractivity contribution in [3.05, 3.63) is 54.2 Å². The van der Waals surface area contributed by atoms with Crippen molar-refractivity contribution in [3.63, 3.8) is 0 Å². The maximum atomic E-state index is 14.7. The van der Waals surface area contributed by atoms with E-state index in [1.807, 2.05) is 6.92 Å². The molecule has 0 aliphatic heterocycles. The first-order valence-electron chi connectivity index (χ1n) is 11.4. The fourth-order valence-electron chi connectivity index (χ4n) is 4.31. The van der Waals surface area contributed by atoms with Gasteiger partial charge in [0.25, 0.3) is 5.91 Å². The second kappa shape index (κ2) is 9.57. The molecule has 4 heterocycles. The SMILES string of the molecule is CCOC1CCC(n2cc(-n3cc(-c4nc(C(N)=O)co4)cn3)c(-c3nc(F)c(F)cc3F)n2)CC1. The quantitative estimate of drug-likeness (QED) is 0.382. The van der Waals surface area contributed by atoms with Gasteiger partial charge in [-0.2, -0.15) is 14.6 Å². The average molecular weight is 501 g/mol. The number of hydrogen-bond acceptors (Lipinski definition) is 7. The second-order valence-electron chi connectivity index (χ2n) is 8.40. The predicted molar refractivity (Wildman–Crippen MR) is 119 cm³/mol. The smallest absolute Gasteiger partial charge is 0.270 e. The van der Waals surface area contributed by atoms with Crippen molar-refractivity contribution in [1.82, 2.24) is 29.5 Å². The van der Waals surface area contributed by atoms with Crippen LogP contribution in [0.15, 0.2) is 35.3 Å². The Morgan fingerprint density at radius 3 is 2.61 bits per heavy atom. The molecule has 1 amide bonds. The maximum absolute atomic E-state index is 14.7. The molecule has 0 atom stereocenters. The normalized spacial score (nSPS) is 18.0. The van der Waals surface area contributed by atoms with Gasteiger partial charge in [-0.1, -0.05) is 0 Å². The zero-order chi connectivity index (χ0) is 25.4. The Labute approximate surface area is 202 Å². The van der Waals surface area contributed by atoms with E-state index in [-0.39, 0.29) is 35.1 Å². The number of primary amides is 1. The van der Waals surface area contributed by atoms with Crippen LogP contribution in [0.3, 0.4) is 0 Å². The first-order valence-corrected chi connectivity index (χ1v) is 11.4. The topological polar surface area (TPSA) is 127 Å². The highest BCUT2D eigenvalue weighted by Crippen LogP contribution is 2.34. The first-order chi connectivity index (χ1) is 17.3. The van der Waals surface area contributed by atoms with Crippen LogP contribution in [-0.2, 0) is 4.74 Å². The molecule has 0 radical (unpaired) electrons. The number of hydrogen-bond donors (Lipinski definition) is 1. The summed E-state index contributed by atoms with van der Waals surface area (Å²) in [5, 5.41) is 8.79. The van der Waals surface area contributed by atoms with Gasteiger partial charge in [0.2, 0.25) is 11.8 Å². The van der Waals surface area contributed by atoms with Crippen LogP contribution in [0.5, 0.6) is 0 Å². The summed E-state index contributed by atoms with van der Waals surface area (Å²) < 4.78 is 56.3. The Hall–Kier alpha value is -4.00. The summed E-state index contributed by atoms with van der Waals surface area (Å²) in [6.07, 6.45) is 9.10. The highest BCUT2D eigenvalue weighted by molar-refractivity contribution is 5.90. The number of aromatic nitrogens is 6. The molecule has 0 unspecified atom stereocenters. The number of carbonyl (C=O) groups excluding carboxylic acids is 1. The lowest BCUT2D eigenvalue weighted by atomic mass is 9.93. The Morgan fingerprint density at radius 1 is 1.14 bits per heavy atom. The third-order valence-corrected chi connectivity index (χ3v) is 6.08. The monoisotopic (exact) mass is 501 g/mol. The van der Waals surface area contributed by atoms with Gasteiger partial charge in [0, 0.05) is 18.9 Å². The molecule has 1 aliphatic carbocycles. The van der Waals surface area contributed by atoms with E-state index in [2.05, 4.69) is 20.2 Å². The molecule has 0 bridgehead atoms. The fraction of sp³-hybridized carbons (Fsp3) is 0.348. The van der Waals surface area contributed by atoms with Crippen LogP contribution in [0, 0.1) is 17.6 Å². The number of ether oxygens (including phenoxy) is 1. The number of oxazole rings is 1. The molecule has 4 aromatic heterocycles. The number of carbonyl (C=O) groups is 1. The lowest BCUT2D eigenvalue weighted by Gasteiger charge is -2.28. The standard InChI is InChI=1S/C23H22F3N7O3/c1-2-35-14-5-3-13(4-6-14)32-10-18(20(31-32)19-15(24)7-16(25)21(26)30-19)33-9-12(8-28-33)23-29-17(11-36-23)22(27)34/h7-11,13-14H,2-6H2,1H3,(H2,27,34). The zero-order valence-electron chi connectivity index (χ0n) is 19.2. The minimum absolute atomic E-state index is 0.0116. The lowest BCUT2D eigenvalue weighted by Crippen LogP contribution is -2.24. The Morgan fingerprint density at radius 2 is 1.92 bits per heavy atom. The van der Waals surface area contributed by atoms with Gasteiger partial charge in [-0.3, -0.25) is 9.48 Å². The van der Waals surface area contributed by atoms with Crippen molar-refractivity contribution in [2.75, 3.05) is 6.61 Å². The van der Waals surface area contributed by atoms with Gasteiger partial charge in [-0.25, -0.2) is 23.4 Å². The first kappa shape index (κ1) is 23.7. The Balaban J connectivity index is 1.54. The summed E-state index contributed by atoms with van der Waals surface area (Å²) in [4.78, 5) is 18.8. The number of rotatable bonds is 7. The summed E-state index contributed by atoms with van der Waals surface area (Å²) >= 11 is 0. The van der Waals surface area contributed by atoms with E-state index in [4.69, 9.17) is 14.9 Å². The molecular weight excluding hydrogens is 479 g/mol. The number of pyridine rings is 1. The fourth-order valence-corrected chi connectivity index (χ4v) is 4.31.